The maximum absolute atomic E-state index is 10.2. The normalized spacial score (nSPS) is 19.6. The van der Waals surface area contributed by atoms with Gasteiger partial charge in [0.15, 0.2) is 0 Å². The van der Waals surface area contributed by atoms with Gasteiger partial charge in [0.1, 0.15) is 0 Å². The monoisotopic (exact) mass is 900 g/mol. The Bertz CT molecular complexity index is 819. The fraction of sp³-hybridized carbons (Fsp3) is 0.787. The minimum Gasteiger partial charge on any atom is -0.393 e. The van der Waals surface area contributed by atoms with Crippen LogP contribution in [0, 0.1) is 24.7 Å². The van der Waals surface area contributed by atoms with Crippen molar-refractivity contribution in [1.29, 1.82) is 0 Å². The van der Waals surface area contributed by atoms with E-state index in [1.165, 1.54) is 144 Å². The average molecular weight is 899 g/mol. The second-order valence-electron chi connectivity index (χ2n) is 15.3. The molecular formula is C47H85HgO3. The molecule has 0 amide bonds. The van der Waals surface area contributed by atoms with Gasteiger partial charge >= 0.3 is 105 Å². The van der Waals surface area contributed by atoms with Crippen LogP contribution < -0.4 is 0 Å². The molecule has 2 N–H and O–H groups in total. The molecule has 51 heavy (non-hydrogen) atoms. The van der Waals surface area contributed by atoms with Crippen molar-refractivity contribution < 1.29 is 41.1 Å². The van der Waals surface area contributed by atoms with Gasteiger partial charge < -0.3 is 14.9 Å². The van der Waals surface area contributed by atoms with Crippen molar-refractivity contribution in [2.45, 2.75) is 219 Å². The molecule has 0 aromatic heterocycles. The first-order valence-electron chi connectivity index (χ1n) is 21.6. The van der Waals surface area contributed by atoms with Gasteiger partial charge in [0.05, 0.1) is 18.3 Å². The second-order valence-corrected chi connectivity index (χ2v) is 19.2. The molecule has 0 saturated heterocycles. The van der Waals surface area contributed by atoms with E-state index >= 15 is 0 Å². The Kier molecular flexibility index (Phi) is 43.3. The van der Waals surface area contributed by atoms with Crippen molar-refractivity contribution >= 4 is 0 Å². The van der Waals surface area contributed by atoms with Gasteiger partial charge in [-0.2, -0.15) is 0 Å². The van der Waals surface area contributed by atoms with Gasteiger partial charge in [-0.25, -0.2) is 0 Å². The van der Waals surface area contributed by atoms with E-state index in [0.717, 1.165) is 58.2 Å². The predicted molar refractivity (Wildman–Crippen MR) is 223 cm³/mol. The van der Waals surface area contributed by atoms with Gasteiger partial charge in [-0.3, -0.25) is 0 Å². The van der Waals surface area contributed by atoms with Gasteiger partial charge in [-0.15, -0.1) is 12.8 Å². The minimum absolute atomic E-state index is 0.166. The SMILES string of the molecule is C#C.C=[C]([Hg])CCCCCCC\C=C/C=C/C=C\CCCC.CCCCCCCCCCCCCCCC(O)CCOC1CC(C)C(C)C(O)C1. The van der Waals surface area contributed by atoms with E-state index in [0.29, 0.717) is 18.4 Å². The summed E-state index contributed by atoms with van der Waals surface area (Å²) in [5.74, 6) is 0.885. The van der Waals surface area contributed by atoms with Crippen molar-refractivity contribution in [1.82, 2.24) is 0 Å². The molecule has 4 heteroatoms. The van der Waals surface area contributed by atoms with Crippen LogP contribution in [-0.4, -0.2) is 35.1 Å². The molecule has 0 aliphatic heterocycles. The predicted octanol–water partition coefficient (Wildman–Crippen LogP) is 13.9. The van der Waals surface area contributed by atoms with Crippen LogP contribution in [-0.2, 0) is 30.9 Å². The molecule has 5 unspecified atom stereocenters. The number of aliphatic hydroxyl groups excluding tert-OH is 2. The molecule has 0 spiro atoms. The Morgan fingerprint density at radius 1 is 0.686 bits per heavy atom. The van der Waals surface area contributed by atoms with E-state index in [2.05, 4.69) is 83.6 Å². The van der Waals surface area contributed by atoms with Crippen LogP contribution in [0.15, 0.2) is 46.1 Å². The number of hydrogen-bond acceptors (Lipinski definition) is 3. The number of ether oxygens (including phenoxy) is 1. The third kappa shape index (κ3) is 38.9. The van der Waals surface area contributed by atoms with Crippen LogP contribution in [0.25, 0.3) is 0 Å². The number of hydrogen-bond donors (Lipinski definition) is 2. The first-order valence-corrected chi connectivity index (χ1v) is 24.4. The molecule has 1 fully saturated rings. The molecule has 0 radical (unpaired) electrons. The standard InChI is InChI=1S/C26H52O3.C19H31.C2H2.Hg/c1-4-5-6-7-8-9-10-11-12-13-14-15-16-17-24(27)18-19-29-25-20-22(2)23(3)26(28)21-25;1-3-5-7-9-11-13-15-17-19-18-16-14-12-10-8-6-4-2;1-2;/h22-28H,4-21H2,1-3H3;10,12,14,16,18-19H,1,4-9,11,13,15,17H2,2H3;1-2H;/b;12-10-,16-14+,19-18-;;. The van der Waals surface area contributed by atoms with Crippen LogP contribution in [0.4, 0.5) is 0 Å². The second kappa shape index (κ2) is 42.1. The quantitative estimate of drug-likeness (QED) is 0.0315. The van der Waals surface area contributed by atoms with Crippen LogP contribution >= 0.6 is 0 Å². The first kappa shape index (κ1) is 52.4. The Hall–Kier alpha value is -0.665. The van der Waals surface area contributed by atoms with E-state index < -0.39 is 0 Å². The summed E-state index contributed by atoms with van der Waals surface area (Å²) < 4.78 is 7.46. The van der Waals surface area contributed by atoms with Crippen LogP contribution in [0.5, 0.6) is 0 Å². The van der Waals surface area contributed by atoms with Crippen molar-refractivity contribution in [2.24, 2.45) is 11.8 Å². The van der Waals surface area contributed by atoms with Crippen LogP contribution in [0.1, 0.15) is 201 Å². The zero-order valence-corrected chi connectivity index (χ0v) is 40.0. The number of rotatable bonds is 31. The molecule has 5 atom stereocenters. The topological polar surface area (TPSA) is 49.7 Å². The Morgan fingerprint density at radius 2 is 1.16 bits per heavy atom. The van der Waals surface area contributed by atoms with Gasteiger partial charge in [-0.1, -0.05) is 136 Å². The van der Waals surface area contributed by atoms with Gasteiger partial charge in [-0.05, 0) is 43.9 Å². The summed E-state index contributed by atoms with van der Waals surface area (Å²) >= 11 is 0.796. The van der Waals surface area contributed by atoms with Crippen LogP contribution in [0.2, 0.25) is 0 Å². The number of terminal acetylenes is 1. The summed E-state index contributed by atoms with van der Waals surface area (Å²) in [4.78, 5) is 0. The van der Waals surface area contributed by atoms with Gasteiger partial charge in [0.2, 0.25) is 0 Å². The fourth-order valence-corrected chi connectivity index (χ4v) is 7.58. The van der Waals surface area contributed by atoms with Crippen molar-refractivity contribution in [3.63, 3.8) is 0 Å². The summed E-state index contributed by atoms with van der Waals surface area (Å²) in [5.41, 5.74) is 0. The van der Waals surface area contributed by atoms with Crippen molar-refractivity contribution in [3.8, 4) is 12.8 Å². The first-order chi connectivity index (χ1) is 24.8. The van der Waals surface area contributed by atoms with Gasteiger partial charge in [0, 0.05) is 6.61 Å². The molecule has 1 saturated carbocycles. The summed E-state index contributed by atoms with van der Waals surface area (Å²) in [6, 6.07) is 0. The van der Waals surface area contributed by atoms with E-state index in [9.17, 15) is 10.2 Å². The molecule has 1 aliphatic rings. The molecule has 0 heterocycles. The minimum atomic E-state index is -0.237. The number of allylic oxidation sites excluding steroid dienone is 7. The zero-order chi connectivity index (χ0) is 38.2. The smallest absolute Gasteiger partial charge is 0.393 e. The zero-order valence-electron chi connectivity index (χ0n) is 34.5. The molecular weight excluding hydrogens is 813 g/mol. The molecule has 293 valence electrons. The fourth-order valence-electron chi connectivity index (χ4n) is 6.61. The molecule has 0 aromatic rings. The summed E-state index contributed by atoms with van der Waals surface area (Å²) in [6.07, 6.45) is 55.2. The molecule has 1 rings (SSSR count). The van der Waals surface area contributed by atoms with Crippen LogP contribution in [0.3, 0.4) is 0 Å². The Morgan fingerprint density at radius 3 is 1.67 bits per heavy atom. The average Bonchev–Trinajstić information content (AvgIpc) is 3.12. The van der Waals surface area contributed by atoms with Crippen molar-refractivity contribution in [3.05, 3.63) is 46.1 Å². The summed E-state index contributed by atoms with van der Waals surface area (Å²) in [6.45, 7) is 13.5. The van der Waals surface area contributed by atoms with Crippen molar-refractivity contribution in [2.75, 3.05) is 6.61 Å². The summed E-state index contributed by atoms with van der Waals surface area (Å²) in [7, 11) is 0. The van der Waals surface area contributed by atoms with E-state index in [1.807, 2.05) is 0 Å². The molecule has 1 aliphatic carbocycles. The third-order valence-electron chi connectivity index (χ3n) is 10.3. The Balaban J connectivity index is 0. The van der Waals surface area contributed by atoms with E-state index in [4.69, 9.17) is 4.74 Å². The molecule has 3 nitrogen and oxygen atoms in total. The third-order valence-corrected chi connectivity index (χ3v) is 11.7. The van der Waals surface area contributed by atoms with Gasteiger partial charge in [0.25, 0.3) is 0 Å². The molecule has 0 aromatic carbocycles. The number of unbranched alkanes of at least 4 members (excludes halogenated alkanes) is 19. The number of aliphatic hydroxyl groups is 2. The van der Waals surface area contributed by atoms with E-state index in [-0.39, 0.29) is 18.3 Å². The van der Waals surface area contributed by atoms with E-state index in [1.54, 1.807) is 0 Å². The molecule has 0 bridgehead atoms. The summed E-state index contributed by atoms with van der Waals surface area (Å²) in [5, 5.41) is 20.3. The maximum atomic E-state index is 10.2. The Labute approximate surface area is 336 Å².